The first kappa shape index (κ1) is 17.1. The lowest BCUT2D eigenvalue weighted by Crippen LogP contribution is -2.18. The average Bonchev–Trinajstić information content (AvgIpc) is 3.07. The number of fused-ring (bicyclic) bond motifs is 1. The molecular formula is C17H15ClN6O3. The normalized spacial score (nSPS) is 12.7. The molecule has 2 aromatic heterocycles. The lowest BCUT2D eigenvalue weighted by atomic mass is 10.1. The summed E-state index contributed by atoms with van der Waals surface area (Å²) in [6.45, 7) is 0.848. The maximum Gasteiger partial charge on any atom is 0.275 e. The molecule has 138 valence electrons. The molecule has 4 rings (SSSR count). The van der Waals surface area contributed by atoms with Crippen LogP contribution in [0.5, 0.6) is 11.5 Å². The Hall–Kier alpha value is -3.33. The van der Waals surface area contributed by atoms with Gasteiger partial charge in [-0.15, -0.1) is 0 Å². The molecule has 0 radical (unpaired) electrons. The first-order chi connectivity index (χ1) is 13.0. The second kappa shape index (κ2) is 6.76. The molecule has 3 aromatic rings. The fourth-order valence-corrected chi connectivity index (χ4v) is 2.95. The lowest BCUT2D eigenvalue weighted by molar-refractivity contribution is 0.101. The molecule has 0 atom stereocenters. The van der Waals surface area contributed by atoms with Gasteiger partial charge in [-0.1, -0.05) is 11.6 Å². The number of benzene rings is 1. The Labute approximate surface area is 159 Å². The number of carbonyl (C=O) groups excluding carboxylic acids is 1. The summed E-state index contributed by atoms with van der Waals surface area (Å²) < 4.78 is 12.7. The van der Waals surface area contributed by atoms with E-state index in [9.17, 15) is 4.79 Å². The molecule has 0 bridgehead atoms. The number of carbonyl (C=O) groups is 1. The van der Waals surface area contributed by atoms with Crippen molar-refractivity contribution in [2.45, 2.75) is 0 Å². The molecule has 3 N–H and O–H groups in total. The van der Waals surface area contributed by atoms with Gasteiger partial charge in [0, 0.05) is 24.3 Å². The van der Waals surface area contributed by atoms with E-state index in [4.69, 9.17) is 26.8 Å². The molecule has 1 aliphatic heterocycles. The SMILES string of the molecule is Cn1nccc1C(=O)Nc1cnc(-c2cc(Cl)cc3c2OCCO3)c(N)n1. The number of rotatable bonds is 3. The number of aryl methyl sites for hydroxylation is 1. The molecule has 0 aliphatic carbocycles. The Kier molecular flexibility index (Phi) is 4.28. The molecule has 0 fully saturated rings. The lowest BCUT2D eigenvalue weighted by Gasteiger charge is -2.21. The zero-order valence-corrected chi connectivity index (χ0v) is 15.0. The van der Waals surface area contributed by atoms with Crippen LogP contribution in [0.3, 0.4) is 0 Å². The molecular weight excluding hydrogens is 372 g/mol. The number of nitrogens with two attached hydrogens (primary N) is 1. The predicted molar refractivity (Wildman–Crippen MR) is 99.0 cm³/mol. The molecule has 0 spiro atoms. The second-order valence-corrected chi connectivity index (χ2v) is 6.20. The fraction of sp³-hybridized carbons (Fsp3) is 0.176. The van der Waals surface area contributed by atoms with Gasteiger partial charge in [0.25, 0.3) is 5.91 Å². The van der Waals surface area contributed by atoms with Crippen molar-refractivity contribution in [1.82, 2.24) is 19.7 Å². The highest BCUT2D eigenvalue weighted by Crippen LogP contribution is 2.43. The minimum atomic E-state index is -0.367. The van der Waals surface area contributed by atoms with Gasteiger partial charge in [-0.3, -0.25) is 9.48 Å². The number of hydrogen-bond donors (Lipinski definition) is 2. The zero-order valence-electron chi connectivity index (χ0n) is 14.3. The molecule has 27 heavy (non-hydrogen) atoms. The van der Waals surface area contributed by atoms with Crippen molar-refractivity contribution >= 4 is 29.1 Å². The summed E-state index contributed by atoms with van der Waals surface area (Å²) in [4.78, 5) is 20.8. The zero-order chi connectivity index (χ0) is 19.0. The number of aromatic nitrogens is 4. The topological polar surface area (TPSA) is 117 Å². The van der Waals surface area contributed by atoms with Gasteiger partial charge in [-0.25, -0.2) is 9.97 Å². The summed E-state index contributed by atoms with van der Waals surface area (Å²) in [5, 5.41) is 7.06. The summed E-state index contributed by atoms with van der Waals surface area (Å²) in [7, 11) is 1.67. The number of hydrogen-bond acceptors (Lipinski definition) is 7. The van der Waals surface area contributed by atoms with Gasteiger partial charge < -0.3 is 20.5 Å². The monoisotopic (exact) mass is 386 g/mol. The van der Waals surface area contributed by atoms with Gasteiger partial charge in [-0.2, -0.15) is 5.10 Å². The van der Waals surface area contributed by atoms with Crippen LogP contribution in [0, 0.1) is 0 Å². The molecule has 3 heterocycles. The van der Waals surface area contributed by atoms with E-state index in [1.54, 1.807) is 25.2 Å². The predicted octanol–water partition coefficient (Wildman–Crippen LogP) is 2.14. The van der Waals surface area contributed by atoms with Gasteiger partial charge in [0.1, 0.15) is 24.6 Å². The highest BCUT2D eigenvalue weighted by Gasteiger charge is 2.22. The maximum absolute atomic E-state index is 12.3. The number of ether oxygens (including phenoxy) is 2. The van der Waals surface area contributed by atoms with E-state index in [0.717, 1.165) is 0 Å². The highest BCUT2D eigenvalue weighted by molar-refractivity contribution is 6.31. The van der Waals surface area contributed by atoms with Crippen LogP contribution in [-0.2, 0) is 7.05 Å². The van der Waals surface area contributed by atoms with Gasteiger partial charge in [0.15, 0.2) is 23.1 Å². The molecule has 10 heteroatoms. The van der Waals surface area contributed by atoms with E-state index in [2.05, 4.69) is 20.4 Å². The summed E-state index contributed by atoms with van der Waals surface area (Å²) in [6.07, 6.45) is 2.94. The third kappa shape index (κ3) is 3.24. The van der Waals surface area contributed by atoms with Crippen molar-refractivity contribution in [2.75, 3.05) is 24.3 Å². The summed E-state index contributed by atoms with van der Waals surface area (Å²) >= 11 is 6.17. The Morgan fingerprint density at radius 3 is 2.89 bits per heavy atom. The third-order valence-corrected chi connectivity index (χ3v) is 4.17. The van der Waals surface area contributed by atoms with Crippen molar-refractivity contribution in [3.8, 4) is 22.8 Å². The van der Waals surface area contributed by atoms with Gasteiger partial charge in [0.05, 0.1) is 11.8 Å². The van der Waals surface area contributed by atoms with Crippen LogP contribution in [0.1, 0.15) is 10.5 Å². The smallest absolute Gasteiger partial charge is 0.275 e. The Balaban J connectivity index is 1.66. The quantitative estimate of drug-likeness (QED) is 0.708. The first-order valence-corrected chi connectivity index (χ1v) is 8.42. The van der Waals surface area contributed by atoms with E-state index in [1.807, 2.05) is 0 Å². The molecule has 0 saturated carbocycles. The minimum absolute atomic E-state index is 0.122. The van der Waals surface area contributed by atoms with Crippen molar-refractivity contribution in [2.24, 2.45) is 7.05 Å². The average molecular weight is 387 g/mol. The number of halogens is 1. The number of amides is 1. The molecule has 0 unspecified atom stereocenters. The summed E-state index contributed by atoms with van der Waals surface area (Å²) in [5.74, 6) is 1.01. The molecule has 1 aromatic carbocycles. The van der Waals surface area contributed by atoms with Crippen LogP contribution in [0.2, 0.25) is 5.02 Å². The number of nitrogens with zero attached hydrogens (tertiary/aromatic N) is 4. The van der Waals surface area contributed by atoms with Crippen molar-refractivity contribution in [1.29, 1.82) is 0 Å². The van der Waals surface area contributed by atoms with Crippen LogP contribution in [-0.4, -0.2) is 38.9 Å². The van der Waals surface area contributed by atoms with Crippen LogP contribution in [0.4, 0.5) is 11.6 Å². The van der Waals surface area contributed by atoms with E-state index in [-0.39, 0.29) is 17.5 Å². The number of anilines is 2. The molecule has 1 amide bonds. The van der Waals surface area contributed by atoms with Crippen LogP contribution in [0.15, 0.2) is 30.6 Å². The highest BCUT2D eigenvalue weighted by atomic mass is 35.5. The summed E-state index contributed by atoms with van der Waals surface area (Å²) in [6, 6.07) is 4.95. The summed E-state index contributed by atoms with van der Waals surface area (Å²) in [5.41, 5.74) is 7.42. The van der Waals surface area contributed by atoms with E-state index in [0.29, 0.717) is 46.7 Å². The standard InChI is InChI=1S/C17H15ClN6O3/c1-24-11(2-3-21-24)17(25)23-13-8-20-14(16(19)22-13)10-6-9(18)7-12-15(10)27-5-4-26-12/h2-3,6-8H,4-5H2,1H3,(H3,19,22,23,25). The maximum atomic E-state index is 12.3. The largest absolute Gasteiger partial charge is 0.486 e. The third-order valence-electron chi connectivity index (χ3n) is 3.96. The van der Waals surface area contributed by atoms with E-state index in [1.165, 1.54) is 17.1 Å². The van der Waals surface area contributed by atoms with Crippen molar-refractivity contribution < 1.29 is 14.3 Å². The first-order valence-electron chi connectivity index (χ1n) is 8.04. The Morgan fingerprint density at radius 1 is 1.33 bits per heavy atom. The van der Waals surface area contributed by atoms with Crippen molar-refractivity contribution in [3.05, 3.63) is 41.3 Å². The molecule has 0 saturated heterocycles. The fourth-order valence-electron chi connectivity index (χ4n) is 2.74. The molecule has 1 aliphatic rings. The minimum Gasteiger partial charge on any atom is -0.486 e. The van der Waals surface area contributed by atoms with Gasteiger partial charge >= 0.3 is 0 Å². The van der Waals surface area contributed by atoms with Gasteiger partial charge in [0.2, 0.25) is 0 Å². The Morgan fingerprint density at radius 2 is 2.15 bits per heavy atom. The molecule has 9 nitrogen and oxygen atoms in total. The number of nitrogen functional groups attached to an aromatic ring is 1. The van der Waals surface area contributed by atoms with E-state index >= 15 is 0 Å². The second-order valence-electron chi connectivity index (χ2n) is 5.76. The van der Waals surface area contributed by atoms with Gasteiger partial charge in [-0.05, 0) is 12.1 Å². The van der Waals surface area contributed by atoms with Crippen molar-refractivity contribution in [3.63, 3.8) is 0 Å². The number of nitrogens with one attached hydrogen (secondary N) is 1. The Bertz CT molecular complexity index is 1040. The van der Waals surface area contributed by atoms with E-state index < -0.39 is 0 Å². The van der Waals surface area contributed by atoms with Crippen LogP contribution in [0.25, 0.3) is 11.3 Å². The van der Waals surface area contributed by atoms with Crippen LogP contribution >= 0.6 is 11.6 Å². The van der Waals surface area contributed by atoms with Crippen LogP contribution < -0.4 is 20.5 Å².